The summed E-state index contributed by atoms with van der Waals surface area (Å²) in [5.74, 6) is 0. The Balaban J connectivity index is 0. The number of hydrogen-bond donors (Lipinski definition) is 1. The quantitative estimate of drug-likeness (QED) is 0.343. The largest absolute Gasteiger partial charge is 4.00 e. The van der Waals surface area contributed by atoms with Crippen LogP contribution in [0.3, 0.4) is 0 Å². The summed E-state index contributed by atoms with van der Waals surface area (Å²) < 4.78 is 0. The van der Waals surface area contributed by atoms with Crippen molar-refractivity contribution in [2.75, 3.05) is 0 Å². The van der Waals surface area contributed by atoms with Gasteiger partial charge in [0.05, 0.1) is 0 Å². The first kappa shape index (κ1) is 18.7. The van der Waals surface area contributed by atoms with Gasteiger partial charge in [-0.05, 0) is 6.33 Å². The van der Waals surface area contributed by atoms with Gasteiger partial charge in [-0.15, -0.1) is 12.1 Å². The molecule has 17 heavy (non-hydrogen) atoms. The number of rotatable bonds is 0. The predicted octanol–water partition coefficient (Wildman–Crippen LogP) is -3.23. The summed E-state index contributed by atoms with van der Waals surface area (Å²) in [7, 11) is 0. The number of aromatic nitrogens is 2. The Kier molecular flexibility index (Phi) is 11.5. The van der Waals surface area contributed by atoms with Gasteiger partial charge in [0.15, 0.2) is 0 Å². The fourth-order valence-corrected chi connectivity index (χ4v) is 1.15. The summed E-state index contributed by atoms with van der Waals surface area (Å²) in [5, 5.41) is 0. The molecule has 2 nitrogen and oxygen atoms in total. The topological polar surface area (TPSA) is 28.7 Å². The van der Waals surface area contributed by atoms with Gasteiger partial charge in [0.25, 0.3) is 0 Å². The summed E-state index contributed by atoms with van der Waals surface area (Å²) >= 11 is 0. The van der Waals surface area contributed by atoms with Gasteiger partial charge in [-0.1, -0.05) is 23.2 Å². The molecule has 0 unspecified atom stereocenters. The van der Waals surface area contributed by atoms with E-state index in [-0.39, 0.29) is 46.5 Å². The minimum Gasteiger partial charge on any atom is -1.00 e. The van der Waals surface area contributed by atoms with E-state index in [2.05, 4.69) is 16.3 Å². The average molecular weight is 301 g/mol. The fourth-order valence-electron chi connectivity index (χ4n) is 1.15. The van der Waals surface area contributed by atoms with E-state index in [4.69, 9.17) is 0 Å². The number of halogens is 2. The molecule has 1 aromatic heterocycles. The molecule has 0 aliphatic rings. The summed E-state index contributed by atoms with van der Waals surface area (Å²) in [6, 6.07) is 17.8. The van der Waals surface area contributed by atoms with Crippen LogP contribution in [0.2, 0.25) is 0 Å². The molecule has 0 aliphatic heterocycles. The molecule has 0 saturated heterocycles. The Morgan fingerprint density at radius 1 is 1.00 bits per heavy atom. The molecule has 3 rings (SSSR count). The van der Waals surface area contributed by atoms with E-state index in [1.165, 1.54) is 0 Å². The van der Waals surface area contributed by atoms with Gasteiger partial charge < -0.3 is 34.8 Å². The molecule has 5 heteroatoms. The van der Waals surface area contributed by atoms with Crippen molar-refractivity contribution >= 4 is 11.0 Å². The first-order valence-electron chi connectivity index (χ1n) is 4.44. The van der Waals surface area contributed by atoms with Gasteiger partial charge in [0, 0.05) is 0 Å². The van der Waals surface area contributed by atoms with E-state index in [0.717, 1.165) is 11.0 Å². The molecule has 0 saturated carbocycles. The molecule has 0 radical (unpaired) electrons. The number of hydrogen-bond acceptors (Lipinski definition) is 1. The van der Waals surface area contributed by atoms with E-state index < -0.39 is 0 Å². The SMILES string of the molecule is [Cl-].[Cl-].[Ti+4].[c-]1nc2ccccc2[nH]1.c1cc[cH-]c1. The zero-order chi connectivity index (χ0) is 9.64. The van der Waals surface area contributed by atoms with Crippen LogP contribution in [0, 0.1) is 6.33 Å². The minimum atomic E-state index is 0. The number of nitrogens with zero attached hydrogens (tertiary/aromatic N) is 1. The Hall–Kier alpha value is -0.666. The fraction of sp³-hybridized carbons (Fsp3) is 0. The van der Waals surface area contributed by atoms with Crippen molar-refractivity contribution in [3.8, 4) is 0 Å². The Bertz CT molecular complexity index is 432. The maximum atomic E-state index is 3.94. The van der Waals surface area contributed by atoms with Crippen LogP contribution in [-0.2, 0) is 21.7 Å². The zero-order valence-electron chi connectivity index (χ0n) is 8.90. The van der Waals surface area contributed by atoms with Crippen molar-refractivity contribution < 1.29 is 46.5 Å². The maximum Gasteiger partial charge on any atom is 4.00 e. The molecule has 3 aromatic rings. The molecule has 86 valence electrons. The van der Waals surface area contributed by atoms with E-state index in [9.17, 15) is 0 Å². The first-order chi connectivity index (χ1) is 6.97. The van der Waals surface area contributed by atoms with Crippen molar-refractivity contribution in [1.29, 1.82) is 0 Å². The van der Waals surface area contributed by atoms with Gasteiger partial charge in [-0.2, -0.15) is 18.2 Å². The smallest absolute Gasteiger partial charge is 1.00 e. The molecule has 0 amide bonds. The average Bonchev–Trinajstić information content (AvgIpc) is 2.92. The summed E-state index contributed by atoms with van der Waals surface area (Å²) in [6.07, 6.45) is 2.66. The Morgan fingerprint density at radius 2 is 1.65 bits per heavy atom. The molecule has 0 spiro atoms. The predicted molar refractivity (Wildman–Crippen MR) is 57.0 cm³/mol. The monoisotopic (exact) mass is 300 g/mol. The Morgan fingerprint density at radius 3 is 2.18 bits per heavy atom. The van der Waals surface area contributed by atoms with Gasteiger partial charge >= 0.3 is 21.7 Å². The molecule has 0 fully saturated rings. The van der Waals surface area contributed by atoms with Gasteiger partial charge in [-0.25, -0.2) is 12.1 Å². The normalized spacial score (nSPS) is 7.76. The van der Waals surface area contributed by atoms with Gasteiger partial charge in [0.1, 0.15) is 0 Å². The molecule has 1 N–H and O–H groups in total. The second-order valence-corrected chi connectivity index (χ2v) is 2.83. The zero-order valence-corrected chi connectivity index (χ0v) is 12.0. The van der Waals surface area contributed by atoms with Crippen molar-refractivity contribution in [3.63, 3.8) is 0 Å². The maximum absolute atomic E-state index is 3.94. The van der Waals surface area contributed by atoms with Crippen molar-refractivity contribution in [2.45, 2.75) is 0 Å². The number of nitrogens with one attached hydrogen (secondary N) is 1. The van der Waals surface area contributed by atoms with Crippen LogP contribution in [0.1, 0.15) is 0 Å². The van der Waals surface area contributed by atoms with Crippen molar-refractivity contribution in [1.82, 2.24) is 9.97 Å². The third-order valence-electron chi connectivity index (χ3n) is 1.83. The number of imidazole rings is 1. The summed E-state index contributed by atoms with van der Waals surface area (Å²) in [5.41, 5.74) is 2.01. The van der Waals surface area contributed by atoms with E-state index in [1.807, 2.05) is 54.6 Å². The van der Waals surface area contributed by atoms with Crippen LogP contribution in [0.25, 0.3) is 11.0 Å². The number of fused-ring (bicyclic) bond motifs is 1. The molecule has 1 heterocycles. The van der Waals surface area contributed by atoms with Crippen LogP contribution < -0.4 is 24.8 Å². The Labute approximate surface area is 128 Å². The van der Waals surface area contributed by atoms with Crippen LogP contribution >= 0.6 is 0 Å². The minimum absolute atomic E-state index is 0. The molecule has 0 atom stereocenters. The molecular weight excluding hydrogens is 291 g/mol. The van der Waals surface area contributed by atoms with E-state index >= 15 is 0 Å². The number of aromatic amines is 1. The second kappa shape index (κ2) is 10.5. The van der Waals surface area contributed by atoms with Crippen LogP contribution in [0.15, 0.2) is 54.6 Å². The van der Waals surface area contributed by atoms with E-state index in [1.54, 1.807) is 0 Å². The number of para-hydroxylation sites is 2. The molecular formula is C12H10Cl2N2Ti. The third kappa shape index (κ3) is 5.99. The molecule has 2 aromatic carbocycles. The van der Waals surface area contributed by atoms with Crippen LogP contribution in [0.5, 0.6) is 0 Å². The van der Waals surface area contributed by atoms with Crippen LogP contribution in [0.4, 0.5) is 0 Å². The molecule has 0 bridgehead atoms. The van der Waals surface area contributed by atoms with E-state index in [0.29, 0.717) is 0 Å². The second-order valence-electron chi connectivity index (χ2n) is 2.83. The summed E-state index contributed by atoms with van der Waals surface area (Å²) in [4.78, 5) is 6.82. The van der Waals surface area contributed by atoms with Gasteiger partial charge in [-0.3, -0.25) is 0 Å². The molecule has 0 aliphatic carbocycles. The standard InChI is InChI=1S/C7H5N2.C5H5.2ClH.Ti/c1-2-4-7-6(3-1)8-5-9-7;1-2-4-5-3-1;;;/h1-4H,(H,8,9);1-5H;2*1H;/q2*-1;;;+4/p-2. The first-order valence-corrected chi connectivity index (χ1v) is 4.44. The number of benzene rings is 1. The van der Waals surface area contributed by atoms with Crippen molar-refractivity contribution in [2.24, 2.45) is 0 Å². The third-order valence-corrected chi connectivity index (χ3v) is 1.83. The van der Waals surface area contributed by atoms with Gasteiger partial charge in [0.2, 0.25) is 0 Å². The van der Waals surface area contributed by atoms with Crippen molar-refractivity contribution in [3.05, 3.63) is 60.9 Å². The van der Waals surface area contributed by atoms with Crippen LogP contribution in [-0.4, -0.2) is 9.97 Å². The number of H-pyrrole nitrogens is 1. The summed E-state index contributed by atoms with van der Waals surface area (Å²) in [6.45, 7) is 0.